The highest BCUT2D eigenvalue weighted by molar-refractivity contribution is 7.89. The molecule has 0 saturated heterocycles. The SMILES string of the molecule is COc1cc(S(=O)(=O)NCCc2ncn(C)n2)ccc1N. The molecule has 0 fully saturated rings. The zero-order chi connectivity index (χ0) is 15.5. The largest absolute Gasteiger partial charge is 0.495 e. The molecule has 1 aromatic carbocycles. The number of sulfonamides is 1. The van der Waals surface area contributed by atoms with Crippen molar-refractivity contribution in [2.75, 3.05) is 19.4 Å². The van der Waals surface area contributed by atoms with Crippen molar-refractivity contribution in [3.63, 3.8) is 0 Å². The van der Waals surface area contributed by atoms with E-state index >= 15 is 0 Å². The number of aryl methyl sites for hydroxylation is 1. The third-order valence-corrected chi connectivity index (χ3v) is 4.26. The molecule has 0 bridgehead atoms. The number of methoxy groups -OCH3 is 1. The molecule has 0 aliphatic carbocycles. The summed E-state index contributed by atoms with van der Waals surface area (Å²) in [7, 11) is -0.437. The van der Waals surface area contributed by atoms with E-state index in [-0.39, 0.29) is 11.4 Å². The maximum Gasteiger partial charge on any atom is 0.240 e. The van der Waals surface area contributed by atoms with Crippen LogP contribution in [0, 0.1) is 0 Å². The van der Waals surface area contributed by atoms with Gasteiger partial charge in [-0.2, -0.15) is 5.10 Å². The van der Waals surface area contributed by atoms with E-state index in [1.54, 1.807) is 18.1 Å². The Labute approximate surface area is 123 Å². The second kappa shape index (κ2) is 6.10. The van der Waals surface area contributed by atoms with Crippen molar-refractivity contribution < 1.29 is 13.2 Å². The van der Waals surface area contributed by atoms with Crippen LogP contribution in [-0.2, 0) is 23.5 Å². The molecule has 0 saturated carbocycles. The number of ether oxygens (including phenoxy) is 1. The highest BCUT2D eigenvalue weighted by atomic mass is 32.2. The van der Waals surface area contributed by atoms with E-state index in [2.05, 4.69) is 14.8 Å². The number of hydrogen-bond donors (Lipinski definition) is 2. The van der Waals surface area contributed by atoms with Gasteiger partial charge in [-0.05, 0) is 12.1 Å². The van der Waals surface area contributed by atoms with Crippen molar-refractivity contribution in [3.05, 3.63) is 30.4 Å². The molecular weight excluding hydrogens is 294 g/mol. The van der Waals surface area contributed by atoms with Gasteiger partial charge in [-0.1, -0.05) is 0 Å². The lowest BCUT2D eigenvalue weighted by Crippen LogP contribution is -2.26. The topological polar surface area (TPSA) is 112 Å². The number of benzene rings is 1. The average Bonchev–Trinajstić information content (AvgIpc) is 2.84. The molecule has 2 aromatic rings. The number of nitrogens with one attached hydrogen (secondary N) is 1. The van der Waals surface area contributed by atoms with Crippen LogP contribution in [0.2, 0.25) is 0 Å². The molecular formula is C12H17N5O3S. The lowest BCUT2D eigenvalue weighted by molar-refractivity contribution is 0.415. The Balaban J connectivity index is 2.04. The molecule has 1 heterocycles. The maximum absolute atomic E-state index is 12.2. The molecule has 21 heavy (non-hydrogen) atoms. The molecule has 8 nitrogen and oxygen atoms in total. The molecule has 0 amide bonds. The second-order valence-corrected chi connectivity index (χ2v) is 6.15. The van der Waals surface area contributed by atoms with Gasteiger partial charge in [0.05, 0.1) is 17.7 Å². The summed E-state index contributed by atoms with van der Waals surface area (Å²) >= 11 is 0. The molecule has 0 spiro atoms. The number of nitrogens with zero attached hydrogens (tertiary/aromatic N) is 3. The van der Waals surface area contributed by atoms with Crippen LogP contribution in [0.5, 0.6) is 5.75 Å². The molecule has 0 radical (unpaired) electrons. The standard InChI is InChI=1S/C12H17N5O3S/c1-17-8-14-12(16-17)5-6-15-21(18,19)9-3-4-10(13)11(7-9)20-2/h3-4,7-8,15H,5-6,13H2,1-2H3. The monoisotopic (exact) mass is 311 g/mol. The summed E-state index contributed by atoms with van der Waals surface area (Å²) in [5.74, 6) is 0.902. The first-order valence-electron chi connectivity index (χ1n) is 6.20. The number of nitrogen functional groups attached to an aromatic ring is 1. The molecule has 0 unspecified atom stereocenters. The van der Waals surface area contributed by atoms with Gasteiger partial charge in [-0.3, -0.25) is 4.68 Å². The summed E-state index contributed by atoms with van der Waals surface area (Å²) in [6, 6.07) is 4.31. The summed E-state index contributed by atoms with van der Waals surface area (Å²) in [6.45, 7) is 0.207. The Morgan fingerprint density at radius 3 is 2.81 bits per heavy atom. The Morgan fingerprint density at radius 2 is 2.19 bits per heavy atom. The summed E-state index contributed by atoms with van der Waals surface area (Å²) < 4.78 is 33.4. The van der Waals surface area contributed by atoms with Gasteiger partial charge in [0.15, 0.2) is 5.82 Å². The molecule has 0 aliphatic rings. The predicted octanol–water partition coefficient (Wildman–Crippen LogP) is -0.0731. The first-order valence-corrected chi connectivity index (χ1v) is 7.68. The summed E-state index contributed by atoms with van der Waals surface area (Å²) in [6.07, 6.45) is 1.97. The molecule has 114 valence electrons. The minimum atomic E-state index is -3.62. The van der Waals surface area contributed by atoms with E-state index in [0.29, 0.717) is 23.7 Å². The van der Waals surface area contributed by atoms with Crippen LogP contribution < -0.4 is 15.2 Å². The third-order valence-electron chi connectivity index (χ3n) is 2.80. The second-order valence-electron chi connectivity index (χ2n) is 4.39. The Bertz CT molecular complexity index is 726. The van der Waals surface area contributed by atoms with Crippen LogP contribution >= 0.6 is 0 Å². The maximum atomic E-state index is 12.2. The fourth-order valence-electron chi connectivity index (χ4n) is 1.74. The normalized spacial score (nSPS) is 11.5. The highest BCUT2D eigenvalue weighted by Gasteiger charge is 2.15. The molecule has 1 aromatic heterocycles. The molecule has 9 heteroatoms. The minimum absolute atomic E-state index is 0.0996. The van der Waals surface area contributed by atoms with Crippen molar-refractivity contribution in [1.29, 1.82) is 0 Å². The van der Waals surface area contributed by atoms with Crippen molar-refractivity contribution in [3.8, 4) is 5.75 Å². The molecule has 0 aliphatic heterocycles. The van der Waals surface area contributed by atoms with E-state index in [9.17, 15) is 8.42 Å². The van der Waals surface area contributed by atoms with Gasteiger partial charge in [0, 0.05) is 26.1 Å². The fraction of sp³-hybridized carbons (Fsp3) is 0.333. The van der Waals surface area contributed by atoms with E-state index in [1.807, 2.05) is 0 Å². The summed E-state index contributed by atoms with van der Waals surface area (Å²) in [4.78, 5) is 4.13. The van der Waals surface area contributed by atoms with Crippen molar-refractivity contribution in [1.82, 2.24) is 19.5 Å². The van der Waals surface area contributed by atoms with Crippen LogP contribution in [0.15, 0.2) is 29.4 Å². The first-order chi connectivity index (χ1) is 9.92. The van der Waals surface area contributed by atoms with E-state index in [4.69, 9.17) is 10.5 Å². The molecule has 2 rings (SSSR count). The average molecular weight is 311 g/mol. The Morgan fingerprint density at radius 1 is 1.43 bits per heavy atom. The number of nitrogens with two attached hydrogens (primary N) is 1. The predicted molar refractivity (Wildman–Crippen MR) is 77.3 cm³/mol. The van der Waals surface area contributed by atoms with E-state index in [1.165, 1.54) is 25.3 Å². The van der Waals surface area contributed by atoms with Crippen LogP contribution in [-0.4, -0.2) is 36.8 Å². The van der Waals surface area contributed by atoms with Gasteiger partial charge in [0.1, 0.15) is 12.1 Å². The number of rotatable bonds is 6. The Kier molecular flexibility index (Phi) is 4.43. The first kappa shape index (κ1) is 15.3. The number of hydrogen-bond acceptors (Lipinski definition) is 6. The highest BCUT2D eigenvalue weighted by Crippen LogP contribution is 2.24. The van der Waals surface area contributed by atoms with Gasteiger partial charge in [-0.15, -0.1) is 0 Å². The lowest BCUT2D eigenvalue weighted by atomic mass is 10.3. The van der Waals surface area contributed by atoms with Gasteiger partial charge in [0.25, 0.3) is 0 Å². The zero-order valence-electron chi connectivity index (χ0n) is 11.8. The van der Waals surface area contributed by atoms with Gasteiger partial charge in [-0.25, -0.2) is 18.1 Å². The van der Waals surface area contributed by atoms with Crippen LogP contribution in [0.1, 0.15) is 5.82 Å². The lowest BCUT2D eigenvalue weighted by Gasteiger charge is -2.09. The van der Waals surface area contributed by atoms with E-state index in [0.717, 1.165) is 0 Å². The van der Waals surface area contributed by atoms with Crippen molar-refractivity contribution in [2.24, 2.45) is 7.05 Å². The number of aromatic nitrogens is 3. The van der Waals surface area contributed by atoms with E-state index < -0.39 is 10.0 Å². The molecule has 3 N–H and O–H groups in total. The van der Waals surface area contributed by atoms with Crippen LogP contribution in [0.4, 0.5) is 5.69 Å². The minimum Gasteiger partial charge on any atom is -0.495 e. The van der Waals surface area contributed by atoms with Crippen molar-refractivity contribution in [2.45, 2.75) is 11.3 Å². The third kappa shape index (κ3) is 3.70. The van der Waals surface area contributed by atoms with Gasteiger partial charge in [0.2, 0.25) is 10.0 Å². The van der Waals surface area contributed by atoms with Crippen LogP contribution in [0.25, 0.3) is 0 Å². The smallest absolute Gasteiger partial charge is 0.240 e. The van der Waals surface area contributed by atoms with Crippen molar-refractivity contribution >= 4 is 15.7 Å². The summed E-state index contributed by atoms with van der Waals surface area (Å²) in [5, 5.41) is 4.08. The van der Waals surface area contributed by atoms with Gasteiger partial charge < -0.3 is 10.5 Å². The van der Waals surface area contributed by atoms with Crippen LogP contribution in [0.3, 0.4) is 0 Å². The Hall–Kier alpha value is -2.13. The zero-order valence-corrected chi connectivity index (χ0v) is 12.6. The number of anilines is 1. The fourth-order valence-corrected chi connectivity index (χ4v) is 2.78. The quantitative estimate of drug-likeness (QED) is 0.722. The van der Waals surface area contributed by atoms with Gasteiger partial charge >= 0.3 is 0 Å². The molecule has 0 atom stereocenters. The summed E-state index contributed by atoms with van der Waals surface area (Å²) in [5.41, 5.74) is 6.05.